The number of aryl methyl sites for hydroxylation is 1. The van der Waals surface area contributed by atoms with Crippen LogP contribution in [-0.2, 0) is 11.2 Å². The Morgan fingerprint density at radius 3 is 3.25 bits per heavy atom. The summed E-state index contributed by atoms with van der Waals surface area (Å²) in [5.41, 5.74) is 0.736. The predicted octanol–water partition coefficient (Wildman–Crippen LogP) is 1.64. The van der Waals surface area contributed by atoms with Crippen LogP contribution in [0.2, 0.25) is 0 Å². The molecule has 3 rings (SSSR count). The zero-order valence-corrected chi connectivity index (χ0v) is 12.0. The molecule has 0 bridgehead atoms. The van der Waals surface area contributed by atoms with Crippen LogP contribution < -0.4 is 0 Å². The largest absolute Gasteiger partial charge is 0.366 e. The van der Waals surface area contributed by atoms with E-state index in [2.05, 4.69) is 15.2 Å². The first-order valence-corrected chi connectivity index (χ1v) is 7.56. The van der Waals surface area contributed by atoms with E-state index in [9.17, 15) is 4.79 Å². The second-order valence-corrected chi connectivity index (χ2v) is 5.40. The van der Waals surface area contributed by atoms with E-state index in [-0.39, 0.29) is 12.0 Å². The van der Waals surface area contributed by atoms with Gasteiger partial charge in [0.1, 0.15) is 11.9 Å². The van der Waals surface area contributed by atoms with Crippen molar-refractivity contribution >= 4 is 17.2 Å². The molecule has 20 heavy (non-hydrogen) atoms. The first kappa shape index (κ1) is 13.3. The molecule has 1 aliphatic rings. The molecule has 1 aliphatic heterocycles. The number of nitrogens with zero attached hydrogens (tertiary/aromatic N) is 3. The smallest absolute Gasteiger partial charge is 0.254 e. The van der Waals surface area contributed by atoms with Gasteiger partial charge >= 0.3 is 0 Å². The quantitative estimate of drug-likeness (QED) is 0.933. The predicted molar refractivity (Wildman–Crippen MR) is 74.7 cm³/mol. The maximum absolute atomic E-state index is 12.3. The number of carbonyl (C=O) groups is 1. The van der Waals surface area contributed by atoms with Gasteiger partial charge in [-0.2, -0.15) is 16.4 Å². The third-order valence-corrected chi connectivity index (χ3v) is 3.98. The number of amides is 1. The van der Waals surface area contributed by atoms with Crippen molar-refractivity contribution in [2.75, 3.05) is 19.7 Å². The minimum Gasteiger partial charge on any atom is -0.366 e. The van der Waals surface area contributed by atoms with Crippen LogP contribution in [-0.4, -0.2) is 45.7 Å². The highest BCUT2D eigenvalue weighted by Crippen LogP contribution is 2.21. The van der Waals surface area contributed by atoms with Gasteiger partial charge in [0.2, 0.25) is 0 Å². The highest BCUT2D eigenvalue weighted by atomic mass is 32.1. The molecule has 0 radical (unpaired) electrons. The summed E-state index contributed by atoms with van der Waals surface area (Å²) in [6, 6.07) is 1.85. The molecule has 106 valence electrons. The Morgan fingerprint density at radius 2 is 2.55 bits per heavy atom. The third-order valence-electron chi connectivity index (χ3n) is 3.29. The number of carbonyl (C=O) groups excluding carboxylic acids is 1. The lowest BCUT2D eigenvalue weighted by Crippen LogP contribution is -2.42. The molecule has 1 amide bonds. The zero-order valence-electron chi connectivity index (χ0n) is 11.2. The Bertz CT molecular complexity index is 581. The van der Waals surface area contributed by atoms with Crippen LogP contribution in [0.5, 0.6) is 0 Å². The van der Waals surface area contributed by atoms with E-state index >= 15 is 0 Å². The van der Waals surface area contributed by atoms with E-state index in [4.69, 9.17) is 4.74 Å². The topological polar surface area (TPSA) is 71.1 Å². The van der Waals surface area contributed by atoms with Gasteiger partial charge in [0.25, 0.3) is 5.91 Å². The highest BCUT2D eigenvalue weighted by Gasteiger charge is 2.28. The number of hydrogen-bond donors (Lipinski definition) is 1. The van der Waals surface area contributed by atoms with Crippen LogP contribution in [0.3, 0.4) is 0 Å². The van der Waals surface area contributed by atoms with Crippen LogP contribution in [0.4, 0.5) is 0 Å². The van der Waals surface area contributed by atoms with Gasteiger partial charge in [0, 0.05) is 18.3 Å². The molecule has 1 N–H and O–H groups in total. The van der Waals surface area contributed by atoms with Crippen LogP contribution in [0, 0.1) is 0 Å². The number of aromatic nitrogens is 3. The first-order valence-electron chi connectivity index (χ1n) is 6.62. The average Bonchev–Trinajstić information content (AvgIpc) is 3.17. The molecular formula is C13H16N4O2S. The molecule has 2 aromatic heterocycles. The molecule has 1 saturated heterocycles. The van der Waals surface area contributed by atoms with Gasteiger partial charge in [-0.25, -0.2) is 4.98 Å². The molecule has 1 fully saturated rings. The third kappa shape index (κ3) is 2.59. The maximum atomic E-state index is 12.3. The summed E-state index contributed by atoms with van der Waals surface area (Å²) in [5, 5.41) is 10.8. The van der Waals surface area contributed by atoms with Crippen molar-refractivity contribution in [2.24, 2.45) is 0 Å². The zero-order chi connectivity index (χ0) is 13.9. The number of aromatic amines is 1. The van der Waals surface area contributed by atoms with Crippen molar-refractivity contribution in [3.05, 3.63) is 34.0 Å². The summed E-state index contributed by atoms with van der Waals surface area (Å²) in [5.74, 6) is 1.51. The van der Waals surface area contributed by atoms with Gasteiger partial charge in [-0.15, -0.1) is 0 Å². The fourth-order valence-corrected chi connectivity index (χ4v) is 2.80. The summed E-state index contributed by atoms with van der Waals surface area (Å²) in [6.07, 6.45) is 0.556. The number of hydrogen-bond acceptors (Lipinski definition) is 5. The summed E-state index contributed by atoms with van der Waals surface area (Å²) in [6.45, 7) is 3.63. The number of ether oxygens (including phenoxy) is 1. The molecular weight excluding hydrogens is 276 g/mol. The van der Waals surface area contributed by atoms with Crippen molar-refractivity contribution in [1.29, 1.82) is 0 Å². The molecule has 6 nitrogen and oxygen atoms in total. The normalized spacial score (nSPS) is 19.2. The van der Waals surface area contributed by atoms with Crippen LogP contribution >= 0.6 is 11.3 Å². The number of morpholine rings is 1. The molecule has 2 aromatic rings. The Morgan fingerprint density at radius 1 is 1.65 bits per heavy atom. The van der Waals surface area contributed by atoms with Crippen LogP contribution in [0.15, 0.2) is 16.8 Å². The lowest BCUT2D eigenvalue weighted by molar-refractivity contribution is -0.0266. The maximum Gasteiger partial charge on any atom is 0.254 e. The van der Waals surface area contributed by atoms with Crippen molar-refractivity contribution in [3.8, 4) is 0 Å². The lowest BCUT2D eigenvalue weighted by atomic mass is 10.2. The van der Waals surface area contributed by atoms with Gasteiger partial charge < -0.3 is 9.64 Å². The van der Waals surface area contributed by atoms with Gasteiger partial charge in [0.15, 0.2) is 5.82 Å². The van der Waals surface area contributed by atoms with Crippen LogP contribution in [0.25, 0.3) is 0 Å². The average molecular weight is 292 g/mol. The fraction of sp³-hybridized carbons (Fsp3) is 0.462. The molecule has 0 saturated carbocycles. The Balaban J connectivity index is 1.71. The Kier molecular flexibility index (Phi) is 3.79. The number of thiophene rings is 1. The van der Waals surface area contributed by atoms with E-state index in [1.165, 1.54) is 11.3 Å². The lowest BCUT2D eigenvalue weighted by Gasteiger charge is -2.31. The minimum atomic E-state index is -0.247. The monoisotopic (exact) mass is 292 g/mol. The molecule has 0 unspecified atom stereocenters. The standard InChI is InChI=1S/C13H16N4O2S/c1-2-11-14-12(16-15-11)10-7-17(4-5-19-10)13(18)9-3-6-20-8-9/h3,6,8,10H,2,4-5,7H2,1H3,(H,14,15,16)/t10-/m1/s1. The summed E-state index contributed by atoms with van der Waals surface area (Å²) in [7, 11) is 0. The van der Waals surface area contributed by atoms with Crippen molar-refractivity contribution in [2.45, 2.75) is 19.4 Å². The van der Waals surface area contributed by atoms with Gasteiger partial charge in [-0.05, 0) is 11.4 Å². The molecule has 0 spiro atoms. The summed E-state index contributed by atoms with van der Waals surface area (Å²) in [4.78, 5) is 18.5. The molecule has 7 heteroatoms. The highest BCUT2D eigenvalue weighted by molar-refractivity contribution is 7.08. The SMILES string of the molecule is CCc1nc([C@H]2CN(C(=O)c3ccsc3)CCO2)n[nH]1. The number of nitrogens with one attached hydrogen (secondary N) is 1. The number of H-pyrrole nitrogens is 1. The van der Waals surface area contributed by atoms with Crippen molar-refractivity contribution < 1.29 is 9.53 Å². The van der Waals surface area contributed by atoms with E-state index in [1.807, 2.05) is 23.8 Å². The van der Waals surface area contributed by atoms with E-state index in [0.29, 0.717) is 25.5 Å². The molecule has 3 heterocycles. The molecule has 1 atom stereocenters. The second kappa shape index (κ2) is 5.72. The summed E-state index contributed by atoms with van der Waals surface area (Å²) >= 11 is 1.53. The second-order valence-electron chi connectivity index (χ2n) is 4.62. The number of rotatable bonds is 3. The van der Waals surface area contributed by atoms with Gasteiger partial charge in [-0.1, -0.05) is 6.92 Å². The van der Waals surface area contributed by atoms with Crippen molar-refractivity contribution in [1.82, 2.24) is 20.1 Å². The Hall–Kier alpha value is -1.73. The van der Waals surface area contributed by atoms with E-state index in [1.54, 1.807) is 4.90 Å². The fourth-order valence-electron chi connectivity index (χ4n) is 2.17. The van der Waals surface area contributed by atoms with Gasteiger partial charge in [-0.3, -0.25) is 9.89 Å². The van der Waals surface area contributed by atoms with Crippen molar-refractivity contribution in [3.63, 3.8) is 0 Å². The van der Waals surface area contributed by atoms with E-state index in [0.717, 1.165) is 17.8 Å². The molecule has 0 aliphatic carbocycles. The molecule has 0 aromatic carbocycles. The minimum absolute atomic E-state index is 0.0470. The summed E-state index contributed by atoms with van der Waals surface area (Å²) < 4.78 is 5.68. The Labute approximate surface area is 120 Å². The van der Waals surface area contributed by atoms with Gasteiger partial charge in [0.05, 0.1) is 18.7 Å². The first-order chi connectivity index (χ1) is 9.78. The van der Waals surface area contributed by atoms with Crippen LogP contribution in [0.1, 0.15) is 35.0 Å². The van der Waals surface area contributed by atoms with E-state index < -0.39 is 0 Å².